The molecule has 0 amide bonds. The van der Waals surface area contributed by atoms with Crippen molar-refractivity contribution >= 4 is 45.5 Å². The molecule has 2 nitrogen and oxygen atoms in total. The number of nitrogens with zero attached hydrogens (tertiary/aromatic N) is 2. The maximum atomic E-state index is 4.38. The van der Waals surface area contributed by atoms with Crippen LogP contribution in [0.25, 0.3) is 11.1 Å². The minimum atomic E-state index is 0.839. The smallest absolute Gasteiger partial charge is 0.113 e. The molecule has 0 atom stereocenters. The molecule has 0 saturated heterocycles. The lowest BCUT2D eigenvalue weighted by molar-refractivity contribution is 1.39. The highest BCUT2D eigenvalue weighted by Gasteiger charge is 2.17. The van der Waals surface area contributed by atoms with E-state index in [1.165, 1.54) is 11.7 Å². The summed E-state index contributed by atoms with van der Waals surface area (Å²) in [6.45, 7) is 8.28. The highest BCUT2D eigenvalue weighted by Crippen LogP contribution is 2.33. The third-order valence-corrected chi connectivity index (χ3v) is 5.09. The van der Waals surface area contributed by atoms with Crippen LogP contribution < -0.4 is 0 Å². The van der Waals surface area contributed by atoms with E-state index in [2.05, 4.69) is 21.9 Å². The van der Waals surface area contributed by atoms with Crippen LogP contribution in [0.15, 0.2) is 48.2 Å². The first kappa shape index (κ1) is 12.5. The van der Waals surface area contributed by atoms with Gasteiger partial charge in [0.25, 0.3) is 0 Å². The van der Waals surface area contributed by atoms with Gasteiger partial charge in [-0.2, -0.15) is 8.75 Å². The molecule has 0 saturated carbocycles. The number of hydrogen-bond donors (Lipinski definition) is 0. The highest BCUT2D eigenvalue weighted by molar-refractivity contribution is 7.11. The van der Waals surface area contributed by atoms with Gasteiger partial charge < -0.3 is 0 Å². The molecule has 3 heterocycles. The Morgan fingerprint density at radius 1 is 0.842 bits per heavy atom. The molecule has 5 heteroatoms. The second kappa shape index (κ2) is 5.21. The first-order valence-corrected chi connectivity index (χ1v) is 8.05. The molecule has 94 valence electrons. The van der Waals surface area contributed by atoms with E-state index in [0.29, 0.717) is 0 Å². The molecule has 0 bridgehead atoms. The third-order valence-electron chi connectivity index (χ3n) is 2.70. The van der Waals surface area contributed by atoms with Crippen molar-refractivity contribution in [3.05, 3.63) is 69.3 Å². The summed E-state index contributed by atoms with van der Waals surface area (Å²) in [7, 11) is 0. The van der Waals surface area contributed by atoms with Gasteiger partial charge in [0.05, 0.1) is 11.7 Å². The Labute approximate surface area is 123 Å². The summed E-state index contributed by atoms with van der Waals surface area (Å²) in [6, 6.07) is 8.12. The fraction of sp³-hybridized carbons (Fsp3) is 0. The maximum Gasteiger partial charge on any atom is 0.113 e. The monoisotopic (exact) mass is 302 g/mol. The van der Waals surface area contributed by atoms with Gasteiger partial charge in [-0.3, -0.25) is 0 Å². The summed E-state index contributed by atoms with van der Waals surface area (Å²) >= 11 is 4.52. The van der Waals surface area contributed by atoms with Gasteiger partial charge in [0, 0.05) is 20.9 Å². The van der Waals surface area contributed by atoms with E-state index in [-0.39, 0.29) is 0 Å². The average molecular weight is 302 g/mol. The molecule has 19 heavy (non-hydrogen) atoms. The van der Waals surface area contributed by atoms with Crippen LogP contribution in [0.3, 0.4) is 0 Å². The van der Waals surface area contributed by atoms with Crippen molar-refractivity contribution < 1.29 is 0 Å². The maximum absolute atomic E-state index is 4.38. The Balaban J connectivity index is 1.99. The quantitative estimate of drug-likeness (QED) is 0.693. The van der Waals surface area contributed by atoms with E-state index >= 15 is 0 Å². The molecule has 0 spiro atoms. The van der Waals surface area contributed by atoms with Gasteiger partial charge >= 0.3 is 0 Å². The van der Waals surface area contributed by atoms with Crippen molar-refractivity contribution in [3.63, 3.8) is 0 Å². The van der Waals surface area contributed by atoms with Crippen LogP contribution in [0.1, 0.15) is 21.1 Å². The first-order chi connectivity index (χ1) is 9.27. The van der Waals surface area contributed by atoms with Crippen LogP contribution in [0.5, 0.6) is 0 Å². The zero-order valence-electron chi connectivity index (χ0n) is 10.00. The molecular formula is C14H10N2S3. The zero-order chi connectivity index (χ0) is 13.2. The van der Waals surface area contributed by atoms with Crippen molar-refractivity contribution in [2.45, 2.75) is 0 Å². The SMILES string of the molecule is C=C(c1cccs1)c1nsnc1C(=C)c1cccs1. The van der Waals surface area contributed by atoms with Crippen molar-refractivity contribution in [3.8, 4) is 0 Å². The predicted octanol–water partition coefficient (Wildman–Crippen LogP) is 4.78. The Kier molecular flexibility index (Phi) is 3.42. The highest BCUT2D eigenvalue weighted by atomic mass is 32.1. The topological polar surface area (TPSA) is 25.8 Å². The molecule has 3 aromatic rings. The fourth-order valence-electron chi connectivity index (χ4n) is 1.72. The van der Waals surface area contributed by atoms with E-state index < -0.39 is 0 Å². The van der Waals surface area contributed by atoms with E-state index in [1.54, 1.807) is 22.7 Å². The normalized spacial score (nSPS) is 10.5. The largest absolute Gasteiger partial charge is 0.172 e. The van der Waals surface area contributed by atoms with Crippen LogP contribution in [-0.2, 0) is 0 Å². The molecule has 3 rings (SSSR count). The van der Waals surface area contributed by atoms with Crippen LogP contribution in [0.2, 0.25) is 0 Å². The Morgan fingerprint density at radius 3 is 1.68 bits per heavy atom. The predicted molar refractivity (Wildman–Crippen MR) is 84.8 cm³/mol. The molecular weight excluding hydrogens is 292 g/mol. The number of thiophene rings is 2. The summed E-state index contributed by atoms with van der Waals surface area (Å²) in [6.07, 6.45) is 0. The van der Waals surface area contributed by atoms with Crippen molar-refractivity contribution in [1.29, 1.82) is 0 Å². The van der Waals surface area contributed by atoms with Gasteiger partial charge in [-0.05, 0) is 22.9 Å². The van der Waals surface area contributed by atoms with Crippen LogP contribution in [0.4, 0.5) is 0 Å². The molecule has 0 radical (unpaired) electrons. The van der Waals surface area contributed by atoms with Crippen molar-refractivity contribution in [2.24, 2.45) is 0 Å². The first-order valence-electron chi connectivity index (χ1n) is 5.56. The fourth-order valence-corrected chi connectivity index (χ4v) is 3.72. The van der Waals surface area contributed by atoms with E-state index in [9.17, 15) is 0 Å². The second-order valence-corrected chi connectivity index (χ2v) is 6.30. The van der Waals surface area contributed by atoms with Crippen LogP contribution in [0, 0.1) is 0 Å². The summed E-state index contributed by atoms with van der Waals surface area (Å²) in [5, 5.41) is 4.07. The van der Waals surface area contributed by atoms with Gasteiger partial charge in [0.15, 0.2) is 0 Å². The van der Waals surface area contributed by atoms with E-state index in [1.807, 2.05) is 35.0 Å². The van der Waals surface area contributed by atoms with Gasteiger partial charge in [-0.25, -0.2) is 0 Å². The van der Waals surface area contributed by atoms with Crippen molar-refractivity contribution in [2.75, 3.05) is 0 Å². The molecule has 0 unspecified atom stereocenters. The summed E-state index contributed by atoms with van der Waals surface area (Å²) < 4.78 is 8.77. The number of hydrogen-bond acceptors (Lipinski definition) is 5. The van der Waals surface area contributed by atoms with Gasteiger partial charge in [0.2, 0.25) is 0 Å². The lowest BCUT2D eigenvalue weighted by atomic mass is 10.1. The molecule has 0 N–H and O–H groups in total. The van der Waals surface area contributed by atoms with Crippen LogP contribution >= 0.6 is 34.4 Å². The van der Waals surface area contributed by atoms with Gasteiger partial charge in [-0.1, -0.05) is 25.3 Å². The number of aromatic nitrogens is 2. The van der Waals surface area contributed by atoms with Gasteiger partial charge in [0.1, 0.15) is 11.4 Å². The average Bonchev–Trinajstić information content (AvgIpc) is 3.16. The Morgan fingerprint density at radius 2 is 1.32 bits per heavy atom. The summed E-state index contributed by atoms with van der Waals surface area (Å²) in [4.78, 5) is 2.24. The lowest BCUT2D eigenvalue weighted by Crippen LogP contribution is -1.91. The molecule has 0 aliphatic heterocycles. The van der Waals surface area contributed by atoms with E-state index in [4.69, 9.17) is 0 Å². The Bertz CT molecular complexity index is 645. The molecule has 0 aromatic carbocycles. The van der Waals surface area contributed by atoms with Gasteiger partial charge in [-0.15, -0.1) is 22.7 Å². The third kappa shape index (κ3) is 2.32. The Hall–Kier alpha value is -1.56. The number of rotatable bonds is 4. The van der Waals surface area contributed by atoms with Crippen molar-refractivity contribution in [1.82, 2.24) is 8.75 Å². The lowest BCUT2D eigenvalue weighted by Gasteiger charge is -2.04. The molecule has 0 fully saturated rings. The second-order valence-electron chi connectivity index (χ2n) is 3.87. The molecule has 3 aromatic heterocycles. The zero-order valence-corrected chi connectivity index (χ0v) is 12.4. The van der Waals surface area contributed by atoms with E-state index in [0.717, 1.165) is 32.3 Å². The minimum absolute atomic E-state index is 0.839. The summed E-state index contributed by atoms with van der Waals surface area (Å²) in [5.41, 5.74) is 3.50. The standard InChI is InChI=1S/C14H10N2S3/c1-9(11-5-3-7-17-11)13-14(16-19-15-13)10(2)12-6-4-8-18-12/h3-8H,1-2H2. The minimum Gasteiger partial charge on any atom is -0.172 e. The molecule has 0 aliphatic rings. The molecule has 0 aliphatic carbocycles. The van der Waals surface area contributed by atoms with Crippen LogP contribution in [-0.4, -0.2) is 8.75 Å². The summed E-state index contributed by atoms with van der Waals surface area (Å²) in [5.74, 6) is 0.